The summed E-state index contributed by atoms with van der Waals surface area (Å²) in [6.07, 6.45) is -0.678. The van der Waals surface area contributed by atoms with Crippen molar-refractivity contribution in [2.45, 2.75) is 32.8 Å². The van der Waals surface area contributed by atoms with Crippen LogP contribution < -0.4 is 10.1 Å². The van der Waals surface area contributed by atoms with Gasteiger partial charge >= 0.3 is 0 Å². The number of benzene rings is 2. The van der Waals surface area contributed by atoms with Crippen LogP contribution in [0.4, 0.5) is 10.1 Å². The van der Waals surface area contributed by atoms with Gasteiger partial charge in [-0.1, -0.05) is 38.1 Å². The molecule has 0 spiro atoms. The number of ether oxygens (including phenoxy) is 1. The molecule has 22 heavy (non-hydrogen) atoms. The lowest BCUT2D eigenvalue weighted by molar-refractivity contribution is -0.122. The fourth-order valence-electron chi connectivity index (χ4n) is 2.12. The van der Waals surface area contributed by atoms with Gasteiger partial charge in [0.15, 0.2) is 6.10 Å². The summed E-state index contributed by atoms with van der Waals surface area (Å²) in [5, 5.41) is 2.65. The van der Waals surface area contributed by atoms with Crippen molar-refractivity contribution in [2.75, 3.05) is 5.32 Å². The minimum absolute atomic E-state index is 0.301. The first-order chi connectivity index (χ1) is 10.5. The van der Waals surface area contributed by atoms with Crippen molar-refractivity contribution in [1.29, 1.82) is 0 Å². The molecule has 2 aromatic carbocycles. The number of amides is 1. The van der Waals surface area contributed by atoms with Gasteiger partial charge < -0.3 is 10.1 Å². The smallest absolute Gasteiger partial charge is 0.265 e. The Hall–Kier alpha value is -2.36. The van der Waals surface area contributed by atoms with Crippen molar-refractivity contribution in [2.24, 2.45) is 0 Å². The number of para-hydroxylation sites is 1. The molecule has 2 rings (SSSR count). The number of carbonyl (C=O) groups excluding carboxylic acids is 1. The number of rotatable bonds is 5. The zero-order chi connectivity index (χ0) is 16.1. The van der Waals surface area contributed by atoms with Crippen LogP contribution in [-0.4, -0.2) is 12.0 Å². The molecule has 1 N–H and O–H groups in total. The fourth-order valence-corrected chi connectivity index (χ4v) is 2.12. The maximum atomic E-state index is 13.1. The molecule has 0 radical (unpaired) electrons. The van der Waals surface area contributed by atoms with Crippen LogP contribution in [-0.2, 0) is 4.79 Å². The molecule has 0 heterocycles. The number of hydrogen-bond acceptors (Lipinski definition) is 2. The van der Waals surface area contributed by atoms with Crippen LogP contribution in [0.3, 0.4) is 0 Å². The Morgan fingerprint density at radius 2 is 1.82 bits per heavy atom. The third-order valence-corrected chi connectivity index (χ3v) is 3.31. The third-order valence-electron chi connectivity index (χ3n) is 3.31. The van der Waals surface area contributed by atoms with E-state index < -0.39 is 11.9 Å². The van der Waals surface area contributed by atoms with Crippen LogP contribution in [0.25, 0.3) is 0 Å². The lowest BCUT2D eigenvalue weighted by atomic mass is 10.0. The molecular formula is C18H20FNO2. The monoisotopic (exact) mass is 301 g/mol. The first kappa shape index (κ1) is 16.0. The van der Waals surface area contributed by atoms with Gasteiger partial charge in [-0.05, 0) is 42.7 Å². The summed E-state index contributed by atoms with van der Waals surface area (Å²) in [5.41, 5.74) is 1.46. The topological polar surface area (TPSA) is 38.3 Å². The second kappa shape index (κ2) is 7.07. The predicted molar refractivity (Wildman–Crippen MR) is 85.7 cm³/mol. The summed E-state index contributed by atoms with van der Waals surface area (Å²) in [6.45, 7) is 5.81. The zero-order valence-electron chi connectivity index (χ0n) is 13.0. The summed E-state index contributed by atoms with van der Waals surface area (Å²) >= 11 is 0. The second-order valence-corrected chi connectivity index (χ2v) is 5.45. The van der Waals surface area contributed by atoms with Crippen LogP contribution in [0.1, 0.15) is 32.3 Å². The Balaban J connectivity index is 2.06. The molecule has 0 saturated heterocycles. The normalized spacial score (nSPS) is 12.0. The van der Waals surface area contributed by atoms with Crippen molar-refractivity contribution in [3.8, 4) is 5.75 Å². The summed E-state index contributed by atoms with van der Waals surface area (Å²) in [7, 11) is 0. The minimum Gasteiger partial charge on any atom is -0.481 e. The number of nitrogens with one attached hydrogen (secondary N) is 1. The van der Waals surface area contributed by atoms with Gasteiger partial charge in [0, 0.05) is 5.69 Å². The number of halogens is 1. The Bertz CT molecular complexity index is 655. The lowest BCUT2D eigenvalue weighted by Gasteiger charge is -2.18. The van der Waals surface area contributed by atoms with Crippen molar-refractivity contribution in [3.63, 3.8) is 0 Å². The zero-order valence-corrected chi connectivity index (χ0v) is 13.0. The van der Waals surface area contributed by atoms with Crippen molar-refractivity contribution >= 4 is 11.6 Å². The highest BCUT2D eigenvalue weighted by atomic mass is 19.1. The maximum Gasteiger partial charge on any atom is 0.265 e. The molecule has 0 aliphatic rings. The lowest BCUT2D eigenvalue weighted by Crippen LogP contribution is -2.30. The van der Waals surface area contributed by atoms with E-state index in [0.717, 1.165) is 5.56 Å². The maximum absolute atomic E-state index is 13.1. The molecule has 0 aromatic heterocycles. The van der Waals surface area contributed by atoms with E-state index in [1.807, 2.05) is 24.3 Å². The Labute approximate surface area is 130 Å². The Morgan fingerprint density at radius 3 is 2.50 bits per heavy atom. The minimum atomic E-state index is -0.678. The number of hydrogen-bond donors (Lipinski definition) is 1. The molecule has 4 heteroatoms. The van der Waals surface area contributed by atoms with Gasteiger partial charge in [0.1, 0.15) is 11.6 Å². The van der Waals surface area contributed by atoms with Crippen molar-refractivity contribution < 1.29 is 13.9 Å². The number of carbonyl (C=O) groups is 1. The third kappa shape index (κ3) is 4.07. The van der Waals surface area contributed by atoms with Crippen LogP contribution in [0.5, 0.6) is 5.75 Å². The Kier molecular flexibility index (Phi) is 5.15. The highest BCUT2D eigenvalue weighted by molar-refractivity contribution is 5.94. The summed E-state index contributed by atoms with van der Waals surface area (Å²) < 4.78 is 18.9. The van der Waals surface area contributed by atoms with Gasteiger partial charge in [-0.3, -0.25) is 4.79 Å². The number of anilines is 1. The van der Waals surface area contributed by atoms with E-state index >= 15 is 0 Å². The highest BCUT2D eigenvalue weighted by Gasteiger charge is 2.17. The molecule has 2 aromatic rings. The quantitative estimate of drug-likeness (QED) is 0.891. The first-order valence-electron chi connectivity index (χ1n) is 7.29. The average Bonchev–Trinajstić information content (AvgIpc) is 2.47. The molecule has 3 nitrogen and oxygen atoms in total. The van der Waals surface area contributed by atoms with Gasteiger partial charge in [-0.25, -0.2) is 4.39 Å². The van der Waals surface area contributed by atoms with E-state index in [2.05, 4.69) is 19.2 Å². The predicted octanol–water partition coefficient (Wildman–Crippen LogP) is 4.36. The van der Waals surface area contributed by atoms with E-state index in [0.29, 0.717) is 17.4 Å². The molecule has 0 aliphatic heterocycles. The standard InChI is InChI=1S/C18H20FNO2/c1-12(2)16-9-4-5-10-17(16)22-13(3)18(21)20-15-8-6-7-14(19)11-15/h4-13H,1-3H3,(H,20,21). The largest absolute Gasteiger partial charge is 0.481 e. The Morgan fingerprint density at radius 1 is 1.09 bits per heavy atom. The fraction of sp³-hybridized carbons (Fsp3) is 0.278. The van der Waals surface area contributed by atoms with Crippen LogP contribution in [0.2, 0.25) is 0 Å². The summed E-state index contributed by atoms with van der Waals surface area (Å²) in [4.78, 5) is 12.2. The molecule has 0 fully saturated rings. The van der Waals surface area contributed by atoms with Crippen LogP contribution >= 0.6 is 0 Å². The molecule has 1 unspecified atom stereocenters. The van der Waals surface area contributed by atoms with Gasteiger partial charge in [-0.15, -0.1) is 0 Å². The van der Waals surface area contributed by atoms with E-state index in [9.17, 15) is 9.18 Å². The second-order valence-electron chi connectivity index (χ2n) is 5.45. The van der Waals surface area contributed by atoms with Gasteiger partial charge in [0.25, 0.3) is 5.91 Å². The van der Waals surface area contributed by atoms with Gasteiger partial charge in [0.2, 0.25) is 0 Å². The molecule has 0 aliphatic carbocycles. The molecule has 1 amide bonds. The molecule has 0 bridgehead atoms. The van der Waals surface area contributed by atoms with Gasteiger partial charge in [0.05, 0.1) is 0 Å². The molecule has 116 valence electrons. The van der Waals surface area contributed by atoms with Crippen molar-refractivity contribution in [3.05, 3.63) is 59.9 Å². The SMILES string of the molecule is CC(Oc1ccccc1C(C)C)C(=O)Nc1cccc(F)c1. The first-order valence-corrected chi connectivity index (χ1v) is 7.29. The average molecular weight is 301 g/mol. The van der Waals surface area contributed by atoms with E-state index in [4.69, 9.17) is 4.74 Å². The van der Waals surface area contributed by atoms with Crippen molar-refractivity contribution in [1.82, 2.24) is 0 Å². The highest BCUT2D eigenvalue weighted by Crippen LogP contribution is 2.26. The molecule has 1 atom stereocenters. The van der Waals surface area contributed by atoms with Gasteiger partial charge in [-0.2, -0.15) is 0 Å². The summed E-state index contributed by atoms with van der Waals surface area (Å²) in [6, 6.07) is 13.4. The van der Waals surface area contributed by atoms with E-state index in [1.165, 1.54) is 12.1 Å². The van der Waals surface area contributed by atoms with E-state index in [1.54, 1.807) is 19.1 Å². The van der Waals surface area contributed by atoms with Crippen LogP contribution in [0.15, 0.2) is 48.5 Å². The van der Waals surface area contributed by atoms with E-state index in [-0.39, 0.29) is 5.91 Å². The molecular weight excluding hydrogens is 281 g/mol. The summed E-state index contributed by atoms with van der Waals surface area (Å²) in [5.74, 6) is 0.287. The molecule has 0 saturated carbocycles. The van der Waals surface area contributed by atoms with Crippen LogP contribution in [0, 0.1) is 5.82 Å².